The van der Waals surface area contributed by atoms with Crippen LogP contribution >= 0.6 is 0 Å². The lowest BCUT2D eigenvalue weighted by molar-refractivity contribution is -0.116. The molecule has 0 aliphatic rings. The van der Waals surface area contributed by atoms with Crippen molar-refractivity contribution in [1.29, 1.82) is 0 Å². The number of hydrogen-bond acceptors (Lipinski definition) is 7. The van der Waals surface area contributed by atoms with E-state index in [0.29, 0.717) is 11.3 Å². The summed E-state index contributed by atoms with van der Waals surface area (Å²) in [7, 11) is 0. The Morgan fingerprint density at radius 2 is 1.65 bits per heavy atom. The van der Waals surface area contributed by atoms with Crippen LogP contribution in [-0.2, 0) is 4.79 Å². The summed E-state index contributed by atoms with van der Waals surface area (Å²) in [6.45, 7) is -0.231. The van der Waals surface area contributed by atoms with E-state index in [9.17, 15) is 18.8 Å². The van der Waals surface area contributed by atoms with E-state index in [1.807, 2.05) is 0 Å². The molecule has 0 saturated heterocycles. The highest BCUT2D eigenvalue weighted by atomic mass is 19.1. The van der Waals surface area contributed by atoms with Gasteiger partial charge in [-0.15, -0.1) is 0 Å². The molecule has 0 atom stereocenters. The summed E-state index contributed by atoms with van der Waals surface area (Å²) in [4.78, 5) is 42.9. The van der Waals surface area contributed by atoms with E-state index in [2.05, 4.69) is 15.3 Å². The summed E-state index contributed by atoms with van der Waals surface area (Å²) >= 11 is 0. The maximum Gasteiger partial charge on any atom is 0.267 e. The summed E-state index contributed by atoms with van der Waals surface area (Å²) in [5.41, 5.74) is 16.1. The number of benzene rings is 2. The molecular formula is C20H17FN6O4. The Bertz CT molecular complexity index is 1170. The van der Waals surface area contributed by atoms with E-state index < -0.39 is 23.5 Å². The molecule has 0 aliphatic heterocycles. The SMILES string of the molecule is NC(=O)CNc1cc(C(N)=O)nc(-c2ccc(Oc3ccc(F)cc3)c(C(N)=O)c2)n1. The molecular weight excluding hydrogens is 407 g/mol. The molecule has 1 heterocycles. The molecule has 0 unspecified atom stereocenters. The third-order valence-corrected chi connectivity index (χ3v) is 3.97. The molecule has 0 bridgehead atoms. The zero-order valence-corrected chi connectivity index (χ0v) is 16.0. The lowest BCUT2D eigenvalue weighted by atomic mass is 10.1. The van der Waals surface area contributed by atoms with Crippen molar-refractivity contribution in [2.45, 2.75) is 0 Å². The maximum absolute atomic E-state index is 13.1. The number of aromatic nitrogens is 2. The van der Waals surface area contributed by atoms with Gasteiger partial charge >= 0.3 is 0 Å². The van der Waals surface area contributed by atoms with Crippen LogP contribution in [0.2, 0.25) is 0 Å². The molecule has 0 fully saturated rings. The minimum absolute atomic E-state index is 0.00143. The van der Waals surface area contributed by atoms with Crippen LogP contribution < -0.4 is 27.3 Å². The van der Waals surface area contributed by atoms with E-state index in [0.717, 1.165) is 0 Å². The van der Waals surface area contributed by atoms with Crippen molar-refractivity contribution in [2.24, 2.45) is 17.2 Å². The Labute approximate surface area is 175 Å². The second-order valence-electron chi connectivity index (χ2n) is 6.28. The summed E-state index contributed by atoms with van der Waals surface area (Å²) in [6.07, 6.45) is 0. The lowest BCUT2D eigenvalue weighted by Crippen LogP contribution is -2.23. The summed E-state index contributed by atoms with van der Waals surface area (Å²) in [5.74, 6) is -2.11. The standard InChI is InChI=1S/C20H17FN6O4/c21-11-2-4-12(5-3-11)31-15-6-1-10(7-13(15)18(23)29)20-26-14(19(24)30)8-17(27-20)25-9-16(22)28/h1-8H,9H2,(H2,22,28)(H2,23,29)(H2,24,30)(H,25,26,27). The molecule has 0 saturated carbocycles. The largest absolute Gasteiger partial charge is 0.457 e. The van der Waals surface area contributed by atoms with Gasteiger partial charge in [0.25, 0.3) is 11.8 Å². The predicted octanol–water partition coefficient (Wildman–Crippen LogP) is 1.17. The van der Waals surface area contributed by atoms with Crippen molar-refractivity contribution < 1.29 is 23.5 Å². The fraction of sp³-hybridized carbons (Fsp3) is 0.0500. The predicted molar refractivity (Wildman–Crippen MR) is 109 cm³/mol. The monoisotopic (exact) mass is 424 g/mol. The van der Waals surface area contributed by atoms with Crippen molar-refractivity contribution in [3.05, 3.63) is 65.6 Å². The zero-order valence-electron chi connectivity index (χ0n) is 16.0. The molecule has 2 aromatic carbocycles. The highest BCUT2D eigenvalue weighted by Gasteiger charge is 2.16. The van der Waals surface area contributed by atoms with Gasteiger partial charge in [0, 0.05) is 11.6 Å². The number of carbonyl (C=O) groups excluding carboxylic acids is 3. The van der Waals surface area contributed by atoms with Crippen LogP contribution in [-0.4, -0.2) is 34.2 Å². The number of nitrogens with two attached hydrogens (primary N) is 3. The Morgan fingerprint density at radius 3 is 2.26 bits per heavy atom. The topological polar surface area (TPSA) is 176 Å². The van der Waals surface area contributed by atoms with Gasteiger partial charge in [-0.1, -0.05) is 0 Å². The van der Waals surface area contributed by atoms with Gasteiger partial charge in [-0.05, 0) is 42.5 Å². The number of amides is 3. The number of halogens is 1. The van der Waals surface area contributed by atoms with Crippen LogP contribution in [0.25, 0.3) is 11.4 Å². The van der Waals surface area contributed by atoms with Crippen LogP contribution in [0.1, 0.15) is 20.8 Å². The Morgan fingerprint density at radius 1 is 0.935 bits per heavy atom. The van der Waals surface area contributed by atoms with Crippen LogP contribution in [0.4, 0.5) is 10.2 Å². The molecule has 1 aromatic heterocycles. The van der Waals surface area contributed by atoms with Crippen molar-refractivity contribution in [1.82, 2.24) is 9.97 Å². The zero-order chi connectivity index (χ0) is 22.5. The van der Waals surface area contributed by atoms with Gasteiger partial charge in [0.15, 0.2) is 5.82 Å². The fourth-order valence-electron chi connectivity index (χ4n) is 2.55. The third-order valence-electron chi connectivity index (χ3n) is 3.97. The Balaban J connectivity index is 2.01. The van der Waals surface area contributed by atoms with Crippen molar-refractivity contribution in [2.75, 3.05) is 11.9 Å². The first-order valence-electron chi connectivity index (χ1n) is 8.81. The van der Waals surface area contributed by atoms with Gasteiger partial charge in [0.2, 0.25) is 5.91 Å². The molecule has 10 nitrogen and oxygen atoms in total. The second kappa shape index (κ2) is 8.86. The molecule has 3 aromatic rings. The van der Waals surface area contributed by atoms with Gasteiger partial charge in [-0.3, -0.25) is 14.4 Å². The van der Waals surface area contributed by atoms with Crippen molar-refractivity contribution >= 4 is 23.5 Å². The van der Waals surface area contributed by atoms with Gasteiger partial charge in [-0.25, -0.2) is 14.4 Å². The van der Waals surface area contributed by atoms with Crippen molar-refractivity contribution in [3.63, 3.8) is 0 Å². The molecule has 3 rings (SSSR count). The Hall–Kier alpha value is -4.54. The van der Waals surface area contributed by atoms with Crippen LogP contribution in [0.15, 0.2) is 48.5 Å². The van der Waals surface area contributed by atoms with E-state index in [4.69, 9.17) is 21.9 Å². The van der Waals surface area contributed by atoms with Gasteiger partial charge < -0.3 is 27.3 Å². The summed E-state index contributed by atoms with van der Waals surface area (Å²) < 4.78 is 18.7. The molecule has 158 valence electrons. The van der Waals surface area contributed by atoms with Gasteiger partial charge in [0.05, 0.1) is 12.1 Å². The first-order valence-corrected chi connectivity index (χ1v) is 8.81. The number of rotatable bonds is 8. The quantitative estimate of drug-likeness (QED) is 0.419. The average Bonchev–Trinajstić information content (AvgIpc) is 2.73. The fourth-order valence-corrected chi connectivity index (χ4v) is 2.55. The Kier molecular flexibility index (Phi) is 6.05. The molecule has 0 radical (unpaired) electrons. The third kappa shape index (κ3) is 5.29. The molecule has 7 N–H and O–H groups in total. The van der Waals surface area contributed by atoms with E-state index in [1.54, 1.807) is 0 Å². The molecule has 0 spiro atoms. The minimum Gasteiger partial charge on any atom is -0.457 e. The highest BCUT2D eigenvalue weighted by Crippen LogP contribution is 2.29. The van der Waals surface area contributed by atoms with Gasteiger partial charge in [-0.2, -0.15) is 0 Å². The highest BCUT2D eigenvalue weighted by molar-refractivity contribution is 5.97. The molecule has 0 aliphatic carbocycles. The van der Waals surface area contributed by atoms with Crippen molar-refractivity contribution in [3.8, 4) is 22.9 Å². The normalized spacial score (nSPS) is 10.4. The molecule has 11 heteroatoms. The van der Waals surface area contributed by atoms with E-state index in [1.165, 1.54) is 48.5 Å². The summed E-state index contributed by atoms with van der Waals surface area (Å²) in [5, 5.41) is 2.66. The maximum atomic E-state index is 13.1. The molecule has 3 amide bonds. The van der Waals surface area contributed by atoms with E-state index in [-0.39, 0.29) is 35.2 Å². The first-order chi connectivity index (χ1) is 14.7. The number of ether oxygens (including phenoxy) is 1. The van der Waals surface area contributed by atoms with Crippen LogP contribution in [0.3, 0.4) is 0 Å². The number of anilines is 1. The number of nitrogens with zero attached hydrogens (tertiary/aromatic N) is 2. The van der Waals surface area contributed by atoms with Crippen LogP contribution in [0.5, 0.6) is 11.5 Å². The number of carbonyl (C=O) groups is 3. The lowest BCUT2D eigenvalue weighted by Gasteiger charge is -2.12. The average molecular weight is 424 g/mol. The number of nitrogens with one attached hydrogen (secondary N) is 1. The molecule has 31 heavy (non-hydrogen) atoms. The summed E-state index contributed by atoms with van der Waals surface area (Å²) in [6, 6.07) is 10.8. The first kappa shape index (κ1) is 21.2. The number of primary amides is 3. The van der Waals surface area contributed by atoms with Crippen LogP contribution in [0, 0.1) is 5.82 Å². The minimum atomic E-state index is -0.822. The second-order valence-corrected chi connectivity index (χ2v) is 6.28. The van der Waals surface area contributed by atoms with Gasteiger partial charge in [0.1, 0.15) is 28.8 Å². The smallest absolute Gasteiger partial charge is 0.267 e. The number of hydrogen-bond donors (Lipinski definition) is 4. The van der Waals surface area contributed by atoms with E-state index >= 15 is 0 Å².